The second kappa shape index (κ2) is 12.4. The van der Waals surface area contributed by atoms with E-state index < -0.39 is 7.82 Å². The Kier molecular flexibility index (Phi) is 26.2. The van der Waals surface area contributed by atoms with Crippen molar-refractivity contribution in [3.8, 4) is 0 Å². The van der Waals surface area contributed by atoms with Crippen LogP contribution in [0.15, 0.2) is 0 Å². The number of phosphoric acid groups is 1. The van der Waals surface area contributed by atoms with Gasteiger partial charge in [-0.2, -0.15) is 0 Å². The van der Waals surface area contributed by atoms with Crippen LogP contribution in [0.5, 0.6) is 0 Å². The molecule has 0 rings (SSSR count). The van der Waals surface area contributed by atoms with E-state index in [0.29, 0.717) is 0 Å². The minimum Gasteiger partial charge on any atom is -1.00 e. The standard InChI is InChI=1S/C2H6ClN.2Na.H3O4P.2H/c1-4(2)3;;;1-5(2,3)4;;/h1-2H3;;;(H3,1,2,3,4);;/q;2*+1;;2*-1. The van der Waals surface area contributed by atoms with Crippen molar-refractivity contribution < 1.29 is 81.2 Å². The molecule has 0 aliphatic heterocycles. The van der Waals surface area contributed by atoms with E-state index in [-0.39, 0.29) is 62.0 Å². The zero-order chi connectivity index (χ0) is 8.08. The summed E-state index contributed by atoms with van der Waals surface area (Å²) in [5, 5.41) is 0. The van der Waals surface area contributed by atoms with E-state index >= 15 is 0 Å². The van der Waals surface area contributed by atoms with Crippen molar-refractivity contribution in [1.29, 1.82) is 0 Å². The minimum atomic E-state index is -4.64. The fourth-order valence-corrected chi connectivity index (χ4v) is 0. The van der Waals surface area contributed by atoms with Crippen LogP contribution < -0.4 is 59.1 Å². The van der Waals surface area contributed by atoms with Gasteiger partial charge in [0.15, 0.2) is 0 Å². The molecule has 0 radical (unpaired) electrons. The van der Waals surface area contributed by atoms with Crippen molar-refractivity contribution in [2.45, 2.75) is 0 Å². The first-order valence-electron chi connectivity index (χ1n) is 1.85. The molecule has 0 heterocycles. The largest absolute Gasteiger partial charge is 1.00 e. The van der Waals surface area contributed by atoms with Gasteiger partial charge in [0.2, 0.25) is 0 Å². The average Bonchev–Trinajstić information content (AvgIpc) is 1.19. The van der Waals surface area contributed by atoms with Crippen molar-refractivity contribution >= 4 is 19.6 Å². The maximum absolute atomic E-state index is 8.88. The molecule has 0 unspecified atom stereocenters. The van der Waals surface area contributed by atoms with Gasteiger partial charge < -0.3 is 17.5 Å². The fourth-order valence-electron chi connectivity index (χ4n) is 0. The molecular formula is C2H11ClNNa2O4P. The number of nitrogens with zero attached hydrogens (tertiary/aromatic N) is 1. The Morgan fingerprint density at radius 3 is 1.27 bits per heavy atom. The molecule has 0 aromatic carbocycles. The molecule has 0 aliphatic rings. The van der Waals surface area contributed by atoms with Gasteiger partial charge in [-0.25, -0.2) is 8.98 Å². The molecule has 0 atom stereocenters. The van der Waals surface area contributed by atoms with Crippen molar-refractivity contribution in [2.75, 3.05) is 14.1 Å². The predicted molar refractivity (Wildman–Crippen MR) is 36.0 cm³/mol. The SMILES string of the molecule is CN(C)Cl.O=P(O)(O)O.[H-].[H-].[Na+].[Na+]. The summed E-state index contributed by atoms with van der Waals surface area (Å²) in [7, 11) is -1.11. The van der Waals surface area contributed by atoms with Gasteiger partial charge in [0, 0.05) is 14.1 Å². The van der Waals surface area contributed by atoms with Gasteiger partial charge in [0.1, 0.15) is 0 Å². The summed E-state index contributed by atoms with van der Waals surface area (Å²) < 4.78 is 10.4. The molecule has 62 valence electrons. The number of hydrogen-bond acceptors (Lipinski definition) is 2. The van der Waals surface area contributed by atoms with Gasteiger partial charge in [-0.15, -0.1) is 0 Å². The maximum atomic E-state index is 8.88. The monoisotopic (exact) mass is 225 g/mol. The third kappa shape index (κ3) is 238. The molecule has 9 heteroatoms. The summed E-state index contributed by atoms with van der Waals surface area (Å²) >= 11 is 5.11. The summed E-state index contributed by atoms with van der Waals surface area (Å²) in [6.07, 6.45) is 0. The van der Waals surface area contributed by atoms with E-state index in [4.69, 9.17) is 31.0 Å². The zero-order valence-electron chi connectivity index (χ0n) is 9.02. The fraction of sp³-hybridized carbons (Fsp3) is 1.00. The third-order valence-corrected chi connectivity index (χ3v) is 0. The molecule has 0 aromatic rings. The summed E-state index contributed by atoms with van der Waals surface area (Å²) in [5.41, 5.74) is 0. The van der Waals surface area contributed by atoms with Crippen molar-refractivity contribution in [3.63, 3.8) is 0 Å². The van der Waals surface area contributed by atoms with Gasteiger partial charge in [-0.05, 0) is 11.8 Å². The van der Waals surface area contributed by atoms with Crippen LogP contribution in [0.2, 0.25) is 0 Å². The van der Waals surface area contributed by atoms with Crippen LogP contribution >= 0.6 is 19.6 Å². The molecule has 0 saturated carbocycles. The van der Waals surface area contributed by atoms with Crippen LogP contribution in [-0.2, 0) is 4.57 Å². The van der Waals surface area contributed by atoms with Gasteiger partial charge in [-0.1, -0.05) is 0 Å². The van der Waals surface area contributed by atoms with Gasteiger partial charge >= 0.3 is 66.9 Å². The first-order chi connectivity index (χ1) is 3.73. The summed E-state index contributed by atoms with van der Waals surface area (Å²) in [5.74, 6) is 0. The van der Waals surface area contributed by atoms with Crippen molar-refractivity contribution in [3.05, 3.63) is 0 Å². The van der Waals surface area contributed by atoms with E-state index in [1.807, 2.05) is 0 Å². The van der Waals surface area contributed by atoms with Gasteiger partial charge in [0.05, 0.1) is 0 Å². The Hall–Kier alpha value is 2.36. The molecule has 5 nitrogen and oxygen atoms in total. The van der Waals surface area contributed by atoms with Gasteiger partial charge in [-0.3, -0.25) is 0 Å². The molecule has 3 N–H and O–H groups in total. The quantitative estimate of drug-likeness (QED) is 0.217. The van der Waals surface area contributed by atoms with E-state index in [1.54, 1.807) is 14.1 Å². The minimum absolute atomic E-state index is 0. The Labute approximate surface area is 118 Å². The van der Waals surface area contributed by atoms with Crippen molar-refractivity contribution in [2.24, 2.45) is 0 Å². The third-order valence-electron chi connectivity index (χ3n) is 0. The Morgan fingerprint density at radius 2 is 1.27 bits per heavy atom. The molecule has 0 bridgehead atoms. The normalized spacial score (nSPS) is 8.64. The second-order valence-corrected chi connectivity index (χ2v) is 3.00. The average molecular weight is 226 g/mol. The number of halogens is 1. The smallest absolute Gasteiger partial charge is 1.00 e. The van der Waals surface area contributed by atoms with E-state index in [2.05, 4.69) is 0 Å². The molecule has 0 aliphatic carbocycles. The predicted octanol–water partition coefficient (Wildman–Crippen LogP) is -5.99. The Morgan fingerprint density at radius 1 is 1.27 bits per heavy atom. The maximum Gasteiger partial charge on any atom is 1.00 e. The molecule has 0 saturated heterocycles. The summed E-state index contributed by atoms with van der Waals surface area (Å²) in [4.78, 5) is 21.6. The topological polar surface area (TPSA) is 81.0 Å². The molecule has 0 fully saturated rings. The molecule has 0 amide bonds. The van der Waals surface area contributed by atoms with E-state index in [0.717, 1.165) is 0 Å². The second-order valence-electron chi connectivity index (χ2n) is 1.30. The van der Waals surface area contributed by atoms with Crippen LogP contribution in [0.25, 0.3) is 0 Å². The molecule has 0 spiro atoms. The van der Waals surface area contributed by atoms with Crippen molar-refractivity contribution in [1.82, 2.24) is 4.42 Å². The number of hydrogen-bond donors (Lipinski definition) is 3. The molecule has 11 heavy (non-hydrogen) atoms. The van der Waals surface area contributed by atoms with E-state index in [9.17, 15) is 0 Å². The Bertz CT molecular complexity index is 105. The zero-order valence-corrected chi connectivity index (χ0v) is 12.7. The summed E-state index contributed by atoms with van der Waals surface area (Å²) in [6.45, 7) is 0. The number of rotatable bonds is 0. The molecular weight excluding hydrogens is 214 g/mol. The summed E-state index contributed by atoms with van der Waals surface area (Å²) in [6, 6.07) is 0. The van der Waals surface area contributed by atoms with Crippen LogP contribution in [0.3, 0.4) is 0 Å². The first-order valence-corrected chi connectivity index (χ1v) is 3.75. The van der Waals surface area contributed by atoms with Crippen LogP contribution in [0, 0.1) is 0 Å². The molecule has 0 aromatic heterocycles. The van der Waals surface area contributed by atoms with E-state index in [1.165, 1.54) is 4.42 Å². The first kappa shape index (κ1) is 23.3. The van der Waals surface area contributed by atoms with Crippen LogP contribution in [-0.4, -0.2) is 33.2 Å². The van der Waals surface area contributed by atoms with Crippen LogP contribution in [0.1, 0.15) is 2.85 Å². The Balaban J connectivity index is -0.0000000146. The van der Waals surface area contributed by atoms with Gasteiger partial charge in [0.25, 0.3) is 0 Å². The van der Waals surface area contributed by atoms with Crippen LogP contribution in [0.4, 0.5) is 0 Å².